The van der Waals surface area contributed by atoms with Crippen LogP contribution in [0.5, 0.6) is 0 Å². The van der Waals surface area contributed by atoms with Crippen LogP contribution in [0.15, 0.2) is 18.2 Å². The van der Waals surface area contributed by atoms with Crippen LogP contribution in [0.25, 0.3) is 0 Å². The fourth-order valence-corrected chi connectivity index (χ4v) is 1.83. The summed E-state index contributed by atoms with van der Waals surface area (Å²) in [6.07, 6.45) is 0.893. The number of rotatable bonds is 3. The average Bonchev–Trinajstić information content (AvgIpc) is 2.08. The number of benzene rings is 1. The fraction of sp³-hybridized carbons (Fsp3) is 0.500. The van der Waals surface area contributed by atoms with Crippen LogP contribution >= 0.6 is 0 Å². The summed E-state index contributed by atoms with van der Waals surface area (Å²) in [5.74, 6) is 0.160. The second-order valence-electron chi connectivity index (χ2n) is 4.11. The molecule has 0 bridgehead atoms. The van der Waals surface area contributed by atoms with Gasteiger partial charge in [0.05, 0.1) is 0 Å². The third-order valence-electron chi connectivity index (χ3n) is 2.50. The molecule has 14 heavy (non-hydrogen) atoms. The van der Waals surface area contributed by atoms with E-state index in [4.69, 9.17) is 5.73 Å². The maximum atomic E-state index is 13.0. The molecule has 0 aliphatic carbocycles. The molecule has 0 amide bonds. The first kappa shape index (κ1) is 11.2. The number of hydrogen-bond donors (Lipinski definition) is 1. The van der Waals surface area contributed by atoms with Crippen LogP contribution in [0, 0.1) is 12.7 Å². The van der Waals surface area contributed by atoms with Crippen LogP contribution in [0.3, 0.4) is 0 Å². The summed E-state index contributed by atoms with van der Waals surface area (Å²) in [6.45, 7) is 6.07. The molecule has 0 spiro atoms. The molecule has 1 nitrogen and oxygen atoms in total. The maximum absolute atomic E-state index is 13.0. The highest BCUT2D eigenvalue weighted by Gasteiger charge is 2.11. The minimum Gasteiger partial charge on any atom is -0.328 e. The Morgan fingerprint density at radius 2 is 2.00 bits per heavy atom. The maximum Gasteiger partial charge on any atom is 0.123 e. The smallest absolute Gasteiger partial charge is 0.123 e. The predicted octanol–water partition coefficient (Wildman–Crippen LogP) is 2.97. The summed E-state index contributed by atoms with van der Waals surface area (Å²) in [5, 5.41) is 0. The molecule has 0 radical (unpaired) electrons. The molecule has 0 heterocycles. The monoisotopic (exact) mass is 195 g/mol. The van der Waals surface area contributed by atoms with Gasteiger partial charge in [-0.15, -0.1) is 0 Å². The van der Waals surface area contributed by atoms with E-state index in [1.807, 2.05) is 19.9 Å². The van der Waals surface area contributed by atoms with Crippen molar-refractivity contribution in [1.29, 1.82) is 0 Å². The second kappa shape index (κ2) is 4.56. The molecule has 78 valence electrons. The van der Waals surface area contributed by atoms with E-state index in [2.05, 4.69) is 6.92 Å². The van der Waals surface area contributed by atoms with Crippen molar-refractivity contribution in [3.05, 3.63) is 35.1 Å². The molecule has 2 heteroatoms. The van der Waals surface area contributed by atoms with E-state index in [-0.39, 0.29) is 11.9 Å². The lowest BCUT2D eigenvalue weighted by atomic mass is 9.91. The minimum absolute atomic E-state index is 0.160. The van der Waals surface area contributed by atoms with Crippen molar-refractivity contribution in [1.82, 2.24) is 0 Å². The van der Waals surface area contributed by atoms with Gasteiger partial charge in [0.2, 0.25) is 0 Å². The largest absolute Gasteiger partial charge is 0.328 e. The van der Waals surface area contributed by atoms with Gasteiger partial charge in [0.25, 0.3) is 0 Å². The van der Waals surface area contributed by atoms with E-state index in [0.717, 1.165) is 17.5 Å². The van der Waals surface area contributed by atoms with Gasteiger partial charge in [0.1, 0.15) is 5.82 Å². The zero-order chi connectivity index (χ0) is 10.7. The van der Waals surface area contributed by atoms with Crippen molar-refractivity contribution < 1.29 is 4.39 Å². The molecule has 0 aliphatic heterocycles. The van der Waals surface area contributed by atoms with Gasteiger partial charge in [-0.05, 0) is 49.4 Å². The molecule has 1 aromatic rings. The number of halogens is 1. The first-order valence-electron chi connectivity index (χ1n) is 5.02. The van der Waals surface area contributed by atoms with Crippen molar-refractivity contribution in [3.63, 3.8) is 0 Å². The summed E-state index contributed by atoms with van der Waals surface area (Å²) < 4.78 is 13.0. The van der Waals surface area contributed by atoms with Crippen molar-refractivity contribution in [3.8, 4) is 0 Å². The molecule has 1 rings (SSSR count). The molecule has 0 aromatic heterocycles. The quantitative estimate of drug-likeness (QED) is 0.788. The molecule has 0 fully saturated rings. The van der Waals surface area contributed by atoms with E-state index < -0.39 is 0 Å². The lowest BCUT2D eigenvalue weighted by molar-refractivity contribution is 0.574. The van der Waals surface area contributed by atoms with Crippen molar-refractivity contribution >= 4 is 0 Å². The van der Waals surface area contributed by atoms with Gasteiger partial charge in [-0.2, -0.15) is 0 Å². The Hall–Kier alpha value is -0.890. The Labute approximate surface area is 85.1 Å². The van der Waals surface area contributed by atoms with Crippen LogP contribution in [-0.4, -0.2) is 6.04 Å². The van der Waals surface area contributed by atoms with Gasteiger partial charge in [-0.3, -0.25) is 0 Å². The Balaban J connectivity index is 2.88. The van der Waals surface area contributed by atoms with Crippen LogP contribution in [-0.2, 0) is 0 Å². The standard InChI is InChI=1S/C12H18FN/c1-8-4-5-11(13)7-12(8)9(2)6-10(3)14/h4-5,7,9-10H,6,14H2,1-3H3. The zero-order valence-corrected chi connectivity index (χ0v) is 9.05. The Morgan fingerprint density at radius 3 is 2.57 bits per heavy atom. The number of nitrogens with two attached hydrogens (primary N) is 1. The summed E-state index contributed by atoms with van der Waals surface area (Å²) in [4.78, 5) is 0. The fourth-order valence-electron chi connectivity index (χ4n) is 1.83. The van der Waals surface area contributed by atoms with Gasteiger partial charge in [-0.1, -0.05) is 13.0 Å². The minimum atomic E-state index is -0.165. The first-order valence-corrected chi connectivity index (χ1v) is 5.02. The summed E-state index contributed by atoms with van der Waals surface area (Å²) in [5.41, 5.74) is 7.94. The molecule has 0 saturated carbocycles. The van der Waals surface area contributed by atoms with Crippen molar-refractivity contribution in [2.24, 2.45) is 5.73 Å². The molecule has 2 atom stereocenters. The van der Waals surface area contributed by atoms with E-state index >= 15 is 0 Å². The van der Waals surface area contributed by atoms with Gasteiger partial charge in [-0.25, -0.2) is 4.39 Å². The Bertz CT molecular complexity index is 307. The second-order valence-corrected chi connectivity index (χ2v) is 4.11. The third kappa shape index (κ3) is 2.81. The third-order valence-corrected chi connectivity index (χ3v) is 2.50. The van der Waals surface area contributed by atoms with Crippen molar-refractivity contribution in [2.45, 2.75) is 39.2 Å². The molecular weight excluding hydrogens is 177 g/mol. The topological polar surface area (TPSA) is 26.0 Å². The SMILES string of the molecule is Cc1ccc(F)cc1C(C)CC(C)N. The van der Waals surface area contributed by atoms with E-state index in [9.17, 15) is 4.39 Å². The van der Waals surface area contributed by atoms with Crippen LogP contribution in [0.1, 0.15) is 37.3 Å². The van der Waals surface area contributed by atoms with Gasteiger partial charge in [0.15, 0.2) is 0 Å². The molecular formula is C12H18FN. The number of hydrogen-bond acceptors (Lipinski definition) is 1. The average molecular weight is 195 g/mol. The Morgan fingerprint density at radius 1 is 1.36 bits per heavy atom. The van der Waals surface area contributed by atoms with E-state index in [0.29, 0.717) is 5.92 Å². The molecule has 2 N–H and O–H groups in total. The highest BCUT2D eigenvalue weighted by atomic mass is 19.1. The Kier molecular flexibility index (Phi) is 3.64. The summed E-state index contributed by atoms with van der Waals surface area (Å²) in [6, 6.07) is 5.09. The van der Waals surface area contributed by atoms with Gasteiger partial charge < -0.3 is 5.73 Å². The summed E-state index contributed by atoms with van der Waals surface area (Å²) >= 11 is 0. The van der Waals surface area contributed by atoms with Crippen LogP contribution in [0.4, 0.5) is 4.39 Å². The van der Waals surface area contributed by atoms with Crippen LogP contribution in [0.2, 0.25) is 0 Å². The highest BCUT2D eigenvalue weighted by Crippen LogP contribution is 2.24. The lowest BCUT2D eigenvalue weighted by Crippen LogP contribution is -2.17. The molecule has 0 saturated heterocycles. The zero-order valence-electron chi connectivity index (χ0n) is 9.05. The predicted molar refractivity (Wildman–Crippen MR) is 57.8 cm³/mol. The van der Waals surface area contributed by atoms with Crippen molar-refractivity contribution in [2.75, 3.05) is 0 Å². The van der Waals surface area contributed by atoms with E-state index in [1.165, 1.54) is 6.07 Å². The normalized spacial score (nSPS) is 15.2. The molecule has 0 aliphatic rings. The lowest BCUT2D eigenvalue weighted by Gasteiger charge is -2.16. The van der Waals surface area contributed by atoms with Crippen LogP contribution < -0.4 is 5.73 Å². The molecule has 2 unspecified atom stereocenters. The summed E-state index contributed by atoms with van der Waals surface area (Å²) in [7, 11) is 0. The van der Waals surface area contributed by atoms with Gasteiger partial charge in [0, 0.05) is 6.04 Å². The highest BCUT2D eigenvalue weighted by molar-refractivity contribution is 5.29. The molecule has 1 aromatic carbocycles. The van der Waals surface area contributed by atoms with Gasteiger partial charge >= 0.3 is 0 Å². The first-order chi connectivity index (χ1) is 6.50. The number of aryl methyl sites for hydroxylation is 1. The van der Waals surface area contributed by atoms with E-state index in [1.54, 1.807) is 6.07 Å².